The van der Waals surface area contributed by atoms with E-state index < -0.39 is 0 Å². The summed E-state index contributed by atoms with van der Waals surface area (Å²) in [5, 5.41) is 8.83. The van der Waals surface area contributed by atoms with E-state index in [1.54, 1.807) is 24.3 Å². The van der Waals surface area contributed by atoms with E-state index in [0.717, 1.165) is 12.3 Å². The lowest BCUT2D eigenvalue weighted by Gasteiger charge is -2.14. The number of Topliss-reactive ketones (excluding diaryl/α,β-unsaturated/α-hetero) is 1. The fraction of sp³-hybridized carbons (Fsp3) is 0.150. The maximum Gasteiger partial charge on any atom is 0.126 e. The van der Waals surface area contributed by atoms with Crippen molar-refractivity contribution in [2.24, 2.45) is 7.05 Å². The number of aromatic nitrogens is 2. The summed E-state index contributed by atoms with van der Waals surface area (Å²) in [6.07, 6.45) is 4.32. The minimum Gasteiger partial charge on any atom is -0.298 e. The first-order valence-corrected chi connectivity index (χ1v) is 8.12. The van der Waals surface area contributed by atoms with Crippen LogP contribution in [0.25, 0.3) is 0 Å². The molecule has 5 heteroatoms. The van der Waals surface area contributed by atoms with E-state index in [0.29, 0.717) is 17.4 Å². The molecule has 0 aliphatic carbocycles. The number of rotatable bonds is 6. The largest absolute Gasteiger partial charge is 0.298 e. The fourth-order valence-corrected chi connectivity index (χ4v) is 2.74. The van der Waals surface area contributed by atoms with Crippen LogP contribution in [-0.2, 0) is 13.6 Å². The lowest BCUT2D eigenvalue weighted by molar-refractivity contribution is -0.653. The van der Waals surface area contributed by atoms with Crippen LogP contribution in [0.2, 0.25) is 6.32 Å². The van der Waals surface area contributed by atoms with Gasteiger partial charge in [0.25, 0.3) is 0 Å². The lowest BCUT2D eigenvalue weighted by Crippen LogP contribution is -2.50. The van der Waals surface area contributed by atoms with Gasteiger partial charge in [0.1, 0.15) is 24.7 Å². The molecular formula is C20H18BN3O. The first-order chi connectivity index (χ1) is 12.2. The van der Waals surface area contributed by atoms with Gasteiger partial charge in [-0.2, -0.15) is 18.9 Å². The van der Waals surface area contributed by atoms with Crippen LogP contribution < -0.4 is 10.3 Å². The van der Waals surface area contributed by atoms with Gasteiger partial charge in [-0.15, -0.1) is 0 Å². The highest BCUT2D eigenvalue weighted by Crippen LogP contribution is 2.06. The van der Waals surface area contributed by atoms with Gasteiger partial charge in [0.2, 0.25) is 0 Å². The summed E-state index contributed by atoms with van der Waals surface area (Å²) in [6, 6.07) is 19.0. The van der Waals surface area contributed by atoms with Gasteiger partial charge in [-0.3, -0.25) is 13.9 Å². The lowest BCUT2D eigenvalue weighted by atomic mass is 9.70. The van der Waals surface area contributed by atoms with Crippen LogP contribution in [0.5, 0.6) is 0 Å². The molecule has 3 rings (SSSR count). The van der Waals surface area contributed by atoms with Crippen LogP contribution in [-0.4, -0.2) is 17.6 Å². The molecule has 0 N–H and O–H groups in total. The Morgan fingerprint density at radius 1 is 1.16 bits per heavy atom. The zero-order valence-electron chi connectivity index (χ0n) is 14.1. The number of benzene rings is 2. The van der Waals surface area contributed by atoms with E-state index in [1.165, 1.54) is 5.56 Å². The zero-order chi connectivity index (χ0) is 17.6. The summed E-state index contributed by atoms with van der Waals surface area (Å²) in [4.78, 5) is 12.4. The molecule has 2 aromatic carbocycles. The predicted molar refractivity (Wildman–Crippen MR) is 96.8 cm³/mol. The monoisotopic (exact) mass is 327 g/mol. The first kappa shape index (κ1) is 16.7. The fourth-order valence-electron chi connectivity index (χ4n) is 2.74. The molecule has 4 nitrogen and oxygen atoms in total. The second kappa shape index (κ2) is 7.63. The number of aryl methyl sites for hydroxylation is 1. The third kappa shape index (κ3) is 4.05. The molecule has 1 heterocycles. The van der Waals surface area contributed by atoms with E-state index in [2.05, 4.69) is 22.8 Å². The maximum atomic E-state index is 12.4. The van der Waals surface area contributed by atoms with E-state index >= 15 is 0 Å². The average molecular weight is 327 g/mol. The van der Waals surface area contributed by atoms with Gasteiger partial charge in [0, 0.05) is 11.3 Å². The standard InChI is InChI=1S/C20H18BN3O/c1-23-11-12-24(15-17-5-3-2-4-6-17)20(23)21-13-19(25)18-9-7-16(14-22)8-10-18/h2-12H,13,15H2,1H3. The minimum atomic E-state index is 0.0388. The summed E-state index contributed by atoms with van der Waals surface area (Å²) in [7, 11) is 3.92. The topological polar surface area (TPSA) is 49.7 Å². The van der Waals surface area contributed by atoms with Crippen LogP contribution in [0.1, 0.15) is 21.5 Å². The molecule has 0 spiro atoms. The predicted octanol–water partition coefficient (Wildman–Crippen LogP) is 1.86. The molecular weight excluding hydrogens is 309 g/mol. The molecule has 0 aliphatic heterocycles. The van der Waals surface area contributed by atoms with Crippen LogP contribution >= 0.6 is 0 Å². The Balaban J connectivity index is 1.69. The van der Waals surface area contributed by atoms with Crippen LogP contribution in [0.15, 0.2) is 67.0 Å². The Morgan fingerprint density at radius 2 is 1.88 bits per heavy atom. The Labute approximate surface area is 148 Å². The summed E-state index contributed by atoms with van der Waals surface area (Å²) in [5.41, 5.74) is 3.39. The molecule has 0 saturated carbocycles. The van der Waals surface area contributed by atoms with E-state index in [9.17, 15) is 4.79 Å². The highest BCUT2D eigenvalue weighted by atomic mass is 16.1. The van der Waals surface area contributed by atoms with Gasteiger partial charge in [-0.05, 0) is 17.7 Å². The number of nitrogens with zero attached hydrogens (tertiary/aromatic N) is 3. The normalized spacial score (nSPS) is 10.4. The Hall–Kier alpha value is -3.13. The smallest absolute Gasteiger partial charge is 0.126 e. The number of hydrogen-bond acceptors (Lipinski definition) is 2. The first-order valence-electron chi connectivity index (χ1n) is 8.12. The van der Waals surface area contributed by atoms with E-state index in [4.69, 9.17) is 5.26 Å². The average Bonchev–Trinajstić information content (AvgIpc) is 3.00. The Morgan fingerprint density at radius 3 is 2.56 bits per heavy atom. The van der Waals surface area contributed by atoms with Crippen LogP contribution in [0.4, 0.5) is 0 Å². The molecule has 1 aromatic heterocycles. The highest BCUT2D eigenvalue weighted by molar-refractivity contribution is 6.55. The zero-order valence-corrected chi connectivity index (χ0v) is 14.1. The van der Waals surface area contributed by atoms with Gasteiger partial charge in [0.15, 0.2) is 0 Å². The number of ketones is 1. The van der Waals surface area contributed by atoms with Crippen molar-refractivity contribution in [1.29, 1.82) is 5.26 Å². The maximum absolute atomic E-state index is 12.4. The second-order valence-corrected chi connectivity index (χ2v) is 5.90. The third-order valence-electron chi connectivity index (χ3n) is 4.13. The van der Waals surface area contributed by atoms with Crippen molar-refractivity contribution >= 4 is 18.8 Å². The summed E-state index contributed by atoms with van der Waals surface area (Å²) >= 11 is 0. The number of nitriles is 1. The molecule has 0 amide bonds. The van der Waals surface area contributed by atoms with Crippen molar-refractivity contribution in [1.82, 2.24) is 4.57 Å². The molecule has 0 atom stereocenters. The quantitative estimate of drug-likeness (QED) is 0.394. The Bertz CT molecular complexity index is 908. The molecule has 2 radical (unpaired) electrons. The highest BCUT2D eigenvalue weighted by Gasteiger charge is 2.07. The number of carbonyl (C=O) groups is 1. The van der Waals surface area contributed by atoms with Gasteiger partial charge in [-0.1, -0.05) is 42.5 Å². The number of carbonyl (C=O) groups excluding carboxylic acids is 1. The molecule has 3 aromatic rings. The summed E-state index contributed by atoms with van der Waals surface area (Å²) < 4.78 is 4.14. The molecule has 0 fully saturated rings. The summed E-state index contributed by atoms with van der Waals surface area (Å²) in [5.74, 6) is 0.0388. The van der Waals surface area contributed by atoms with Crippen molar-refractivity contribution < 1.29 is 9.36 Å². The molecule has 25 heavy (non-hydrogen) atoms. The molecule has 122 valence electrons. The van der Waals surface area contributed by atoms with Gasteiger partial charge in [0.05, 0.1) is 18.7 Å². The van der Waals surface area contributed by atoms with Gasteiger partial charge < -0.3 is 0 Å². The third-order valence-corrected chi connectivity index (χ3v) is 4.13. The van der Waals surface area contributed by atoms with Crippen molar-refractivity contribution in [2.45, 2.75) is 12.9 Å². The Kier molecular flexibility index (Phi) is 5.10. The number of hydrogen-bond donors (Lipinski definition) is 0. The van der Waals surface area contributed by atoms with Crippen molar-refractivity contribution in [3.8, 4) is 6.07 Å². The summed E-state index contributed by atoms with van der Waals surface area (Å²) in [6.45, 7) is 0.762. The molecule has 0 saturated heterocycles. The van der Waals surface area contributed by atoms with Crippen molar-refractivity contribution in [2.75, 3.05) is 0 Å². The second-order valence-electron chi connectivity index (χ2n) is 5.90. The van der Waals surface area contributed by atoms with E-state index in [1.807, 2.05) is 49.5 Å². The molecule has 0 bridgehead atoms. The van der Waals surface area contributed by atoms with Gasteiger partial charge in [-0.25, -0.2) is 0 Å². The van der Waals surface area contributed by atoms with Crippen LogP contribution in [0.3, 0.4) is 0 Å². The van der Waals surface area contributed by atoms with E-state index in [-0.39, 0.29) is 5.78 Å². The molecule has 0 aliphatic rings. The van der Waals surface area contributed by atoms with Gasteiger partial charge >= 0.3 is 0 Å². The number of imidazole rings is 1. The van der Waals surface area contributed by atoms with Crippen molar-refractivity contribution in [3.05, 3.63) is 83.7 Å². The molecule has 0 unspecified atom stereocenters. The van der Waals surface area contributed by atoms with Crippen molar-refractivity contribution in [3.63, 3.8) is 0 Å². The minimum absolute atomic E-state index is 0.0388. The SMILES string of the molecule is C[n+]1ccn(Cc2ccccc2)c1[B-]CC(=O)c1ccc(C#N)cc1. The van der Waals surface area contributed by atoms with Crippen LogP contribution in [0, 0.1) is 11.3 Å².